The summed E-state index contributed by atoms with van der Waals surface area (Å²) in [5.74, 6) is 1.77. The van der Waals surface area contributed by atoms with Crippen LogP contribution < -0.4 is 15.5 Å². The molecule has 1 aromatic carbocycles. The van der Waals surface area contributed by atoms with Gasteiger partial charge < -0.3 is 20.4 Å². The number of pyridine rings is 2. The Kier molecular flexibility index (Phi) is 7.23. The van der Waals surface area contributed by atoms with Gasteiger partial charge in [-0.15, -0.1) is 0 Å². The number of nitrogens with zero attached hydrogens (tertiary/aromatic N) is 6. The smallest absolute Gasteiger partial charge is 0.251 e. The van der Waals surface area contributed by atoms with Crippen molar-refractivity contribution in [2.75, 3.05) is 57.0 Å². The minimum atomic E-state index is -0.116. The molecule has 0 unspecified atom stereocenters. The second-order valence-corrected chi connectivity index (χ2v) is 9.45. The number of hydrogen-bond donors (Lipinski definition) is 2. The number of rotatable bonds is 7. The van der Waals surface area contributed by atoms with Gasteiger partial charge in [-0.1, -0.05) is 25.1 Å². The average Bonchev–Trinajstić information content (AvgIpc) is 2.95. The normalized spacial score (nSPS) is 14.9. The van der Waals surface area contributed by atoms with Gasteiger partial charge in [0.25, 0.3) is 5.91 Å². The fourth-order valence-electron chi connectivity index (χ4n) is 4.67. The Hall–Kier alpha value is -4.11. The molecule has 9 heteroatoms. The maximum Gasteiger partial charge on any atom is 0.251 e. The molecule has 1 saturated heterocycles. The number of aromatic nitrogens is 4. The van der Waals surface area contributed by atoms with Crippen molar-refractivity contribution in [2.45, 2.75) is 12.8 Å². The summed E-state index contributed by atoms with van der Waals surface area (Å²) in [6.45, 7) is 6.87. The molecular formula is C28H32N8O. The molecule has 1 aliphatic rings. The van der Waals surface area contributed by atoms with E-state index >= 15 is 0 Å². The first kappa shape index (κ1) is 24.6. The Labute approximate surface area is 217 Å². The van der Waals surface area contributed by atoms with Crippen LogP contribution in [0.4, 0.5) is 11.6 Å². The van der Waals surface area contributed by atoms with Gasteiger partial charge in [0, 0.05) is 75.1 Å². The minimum Gasteiger partial charge on any atom is -0.369 e. The van der Waals surface area contributed by atoms with Gasteiger partial charge in [0.05, 0.1) is 16.8 Å². The summed E-state index contributed by atoms with van der Waals surface area (Å²) >= 11 is 0. The summed E-state index contributed by atoms with van der Waals surface area (Å²) in [6.07, 6.45) is 5.15. The number of piperazine rings is 1. The standard InChI is InChI=1S/C28H32N8O/c1-19(21-5-4-6-22-23(28(37)29-2)9-10-30-27(21)22)16-31-25-15-24(33-18-34-25)20-7-8-26(32-17-20)36-13-11-35(3)12-14-36/h4-10,15,17-19H,11-14,16H2,1-3H3,(H,29,37)(H,31,33,34)/t19-/m1/s1. The zero-order valence-corrected chi connectivity index (χ0v) is 21.5. The van der Waals surface area contributed by atoms with Crippen LogP contribution in [0.25, 0.3) is 22.2 Å². The lowest BCUT2D eigenvalue weighted by Crippen LogP contribution is -2.44. The molecule has 0 bridgehead atoms. The summed E-state index contributed by atoms with van der Waals surface area (Å²) in [7, 11) is 3.79. The summed E-state index contributed by atoms with van der Waals surface area (Å²) in [4.78, 5) is 35.1. The molecule has 0 spiro atoms. The molecule has 0 radical (unpaired) electrons. The second-order valence-electron chi connectivity index (χ2n) is 9.45. The topological polar surface area (TPSA) is 99.2 Å². The van der Waals surface area contributed by atoms with Gasteiger partial charge in [-0.3, -0.25) is 9.78 Å². The highest BCUT2D eigenvalue weighted by Crippen LogP contribution is 2.27. The Bertz CT molecular complexity index is 1380. The highest BCUT2D eigenvalue weighted by molar-refractivity contribution is 6.06. The van der Waals surface area contributed by atoms with E-state index in [9.17, 15) is 4.79 Å². The van der Waals surface area contributed by atoms with Crippen molar-refractivity contribution in [3.8, 4) is 11.3 Å². The largest absolute Gasteiger partial charge is 0.369 e. The van der Waals surface area contributed by atoms with E-state index in [2.05, 4.69) is 67.6 Å². The number of hydrogen-bond acceptors (Lipinski definition) is 8. The van der Waals surface area contributed by atoms with Crippen LogP contribution in [-0.4, -0.2) is 77.6 Å². The van der Waals surface area contributed by atoms with Gasteiger partial charge in [-0.25, -0.2) is 15.0 Å². The van der Waals surface area contributed by atoms with E-state index in [0.717, 1.165) is 65.5 Å². The van der Waals surface area contributed by atoms with E-state index in [0.29, 0.717) is 12.1 Å². The number of anilines is 2. The van der Waals surface area contributed by atoms with E-state index < -0.39 is 0 Å². The third kappa shape index (κ3) is 5.36. The summed E-state index contributed by atoms with van der Waals surface area (Å²) in [5.41, 5.74) is 4.32. The molecule has 5 rings (SSSR count). The maximum atomic E-state index is 12.3. The van der Waals surface area contributed by atoms with Gasteiger partial charge >= 0.3 is 0 Å². The lowest BCUT2D eigenvalue weighted by atomic mass is 9.96. The fourth-order valence-corrected chi connectivity index (χ4v) is 4.67. The predicted molar refractivity (Wildman–Crippen MR) is 147 cm³/mol. The van der Waals surface area contributed by atoms with E-state index in [1.54, 1.807) is 25.6 Å². The molecule has 1 amide bonds. The molecule has 4 aromatic rings. The summed E-state index contributed by atoms with van der Waals surface area (Å²) in [6, 6.07) is 13.8. The van der Waals surface area contributed by atoms with Crippen molar-refractivity contribution in [1.29, 1.82) is 0 Å². The van der Waals surface area contributed by atoms with Crippen LogP contribution in [0.15, 0.2) is 61.2 Å². The number of amides is 1. The Morgan fingerprint density at radius 2 is 1.86 bits per heavy atom. The number of carbonyl (C=O) groups is 1. The molecule has 1 atom stereocenters. The van der Waals surface area contributed by atoms with Crippen LogP contribution in [0.1, 0.15) is 28.8 Å². The van der Waals surface area contributed by atoms with Crippen LogP contribution in [0.3, 0.4) is 0 Å². The number of fused-ring (bicyclic) bond motifs is 1. The van der Waals surface area contributed by atoms with E-state index in [-0.39, 0.29) is 11.8 Å². The zero-order chi connectivity index (χ0) is 25.8. The van der Waals surface area contributed by atoms with Gasteiger partial charge in [0.15, 0.2) is 0 Å². The van der Waals surface area contributed by atoms with E-state index in [4.69, 9.17) is 4.98 Å². The molecule has 190 valence electrons. The SMILES string of the molecule is CNC(=O)c1ccnc2c([C@H](C)CNc3cc(-c4ccc(N5CCN(C)CC5)nc4)ncn3)cccc12. The Morgan fingerprint density at radius 3 is 2.62 bits per heavy atom. The third-order valence-electron chi connectivity index (χ3n) is 6.93. The van der Waals surface area contributed by atoms with Gasteiger partial charge in [-0.05, 0) is 30.8 Å². The third-order valence-corrected chi connectivity index (χ3v) is 6.93. The predicted octanol–water partition coefficient (Wildman–Crippen LogP) is 3.41. The maximum absolute atomic E-state index is 12.3. The first-order valence-electron chi connectivity index (χ1n) is 12.6. The second kappa shape index (κ2) is 10.9. The zero-order valence-electron chi connectivity index (χ0n) is 21.5. The molecule has 0 saturated carbocycles. The van der Waals surface area contributed by atoms with Crippen molar-refractivity contribution >= 4 is 28.4 Å². The Balaban J connectivity index is 1.28. The van der Waals surface area contributed by atoms with Crippen molar-refractivity contribution in [3.63, 3.8) is 0 Å². The van der Waals surface area contributed by atoms with Crippen molar-refractivity contribution in [1.82, 2.24) is 30.2 Å². The van der Waals surface area contributed by atoms with Crippen LogP contribution >= 0.6 is 0 Å². The quantitative estimate of drug-likeness (QED) is 0.402. The lowest BCUT2D eigenvalue weighted by Gasteiger charge is -2.33. The number of benzene rings is 1. The molecule has 9 nitrogen and oxygen atoms in total. The number of nitrogens with one attached hydrogen (secondary N) is 2. The fraction of sp³-hybridized carbons (Fsp3) is 0.321. The van der Waals surface area contributed by atoms with Crippen LogP contribution in [-0.2, 0) is 0 Å². The van der Waals surface area contributed by atoms with Crippen LogP contribution in [0, 0.1) is 0 Å². The molecule has 1 aliphatic heterocycles. The molecule has 1 fully saturated rings. The molecule has 0 aliphatic carbocycles. The van der Waals surface area contributed by atoms with Gasteiger partial charge in [-0.2, -0.15) is 0 Å². The average molecular weight is 497 g/mol. The van der Waals surface area contributed by atoms with Gasteiger partial charge in [0.2, 0.25) is 0 Å². The number of para-hydroxylation sites is 1. The molecule has 37 heavy (non-hydrogen) atoms. The van der Waals surface area contributed by atoms with Crippen LogP contribution in [0.5, 0.6) is 0 Å². The minimum absolute atomic E-state index is 0.116. The van der Waals surface area contributed by atoms with Crippen molar-refractivity contribution in [3.05, 3.63) is 72.3 Å². The summed E-state index contributed by atoms with van der Waals surface area (Å²) in [5, 5.41) is 7.00. The van der Waals surface area contributed by atoms with Crippen molar-refractivity contribution in [2.24, 2.45) is 0 Å². The summed E-state index contributed by atoms with van der Waals surface area (Å²) < 4.78 is 0. The first-order chi connectivity index (χ1) is 18.0. The molecule has 4 heterocycles. The number of likely N-dealkylation sites (N-methyl/N-ethyl adjacent to an activating group) is 1. The Morgan fingerprint density at radius 1 is 1.03 bits per heavy atom. The number of carbonyl (C=O) groups excluding carboxylic acids is 1. The van der Waals surface area contributed by atoms with Gasteiger partial charge in [0.1, 0.15) is 18.0 Å². The first-order valence-corrected chi connectivity index (χ1v) is 12.6. The van der Waals surface area contributed by atoms with E-state index in [1.165, 1.54) is 0 Å². The van der Waals surface area contributed by atoms with Crippen molar-refractivity contribution < 1.29 is 4.79 Å². The highest BCUT2D eigenvalue weighted by Gasteiger charge is 2.17. The monoisotopic (exact) mass is 496 g/mol. The lowest BCUT2D eigenvalue weighted by molar-refractivity contribution is 0.0964. The molecule has 2 N–H and O–H groups in total. The highest BCUT2D eigenvalue weighted by atomic mass is 16.1. The van der Waals surface area contributed by atoms with Crippen LogP contribution in [0.2, 0.25) is 0 Å². The molecular weight excluding hydrogens is 464 g/mol. The molecule has 3 aromatic heterocycles. The van der Waals surface area contributed by atoms with E-state index in [1.807, 2.05) is 24.4 Å².